The molecule has 2 saturated heterocycles. The van der Waals surface area contributed by atoms with Crippen molar-refractivity contribution in [2.75, 3.05) is 24.6 Å². The van der Waals surface area contributed by atoms with Gasteiger partial charge in [0.05, 0.1) is 12.6 Å². The van der Waals surface area contributed by atoms with Gasteiger partial charge in [-0.15, -0.1) is 0 Å². The molecule has 0 saturated carbocycles. The average molecular weight is 364 g/mol. The van der Waals surface area contributed by atoms with Gasteiger partial charge < -0.3 is 9.64 Å². The van der Waals surface area contributed by atoms with Crippen LogP contribution in [0.4, 0.5) is 10.5 Å². The number of nitrogens with zero attached hydrogens (tertiary/aromatic N) is 2. The third kappa shape index (κ3) is 3.29. The second-order valence-corrected chi connectivity index (χ2v) is 7.31. The Morgan fingerprint density at radius 3 is 2.48 bits per heavy atom. The van der Waals surface area contributed by atoms with Gasteiger partial charge in [0.1, 0.15) is 6.61 Å². The Morgan fingerprint density at radius 1 is 1.04 bits per heavy atom. The Kier molecular flexibility index (Phi) is 4.60. The summed E-state index contributed by atoms with van der Waals surface area (Å²) in [6, 6.07) is 13.9. The van der Waals surface area contributed by atoms with Crippen LogP contribution in [0.1, 0.15) is 45.9 Å². The second kappa shape index (κ2) is 7.06. The second-order valence-electron chi connectivity index (χ2n) is 7.31. The Bertz CT molecular complexity index is 876. The highest BCUT2D eigenvalue weighted by Crippen LogP contribution is 2.34. The molecule has 2 aromatic carbocycles. The van der Waals surface area contributed by atoms with Crippen LogP contribution >= 0.6 is 0 Å². The molecule has 140 valence electrons. The highest BCUT2D eigenvalue weighted by atomic mass is 16.6. The van der Waals surface area contributed by atoms with Crippen LogP contribution in [0.25, 0.3) is 0 Å². The molecule has 2 aliphatic heterocycles. The minimum absolute atomic E-state index is 0.0475. The summed E-state index contributed by atoms with van der Waals surface area (Å²) in [6.45, 7) is 5.95. The number of rotatable bonds is 3. The van der Waals surface area contributed by atoms with Crippen molar-refractivity contribution in [3.8, 4) is 0 Å². The summed E-state index contributed by atoms with van der Waals surface area (Å²) < 4.78 is 4.97. The van der Waals surface area contributed by atoms with Crippen molar-refractivity contribution >= 4 is 17.7 Å². The maximum atomic E-state index is 13.1. The summed E-state index contributed by atoms with van der Waals surface area (Å²) in [5.41, 5.74) is 5.16. The van der Waals surface area contributed by atoms with Crippen molar-refractivity contribution in [3.63, 3.8) is 0 Å². The van der Waals surface area contributed by atoms with Crippen LogP contribution in [0, 0.1) is 13.8 Å². The van der Waals surface area contributed by atoms with Gasteiger partial charge in [-0.3, -0.25) is 9.69 Å². The summed E-state index contributed by atoms with van der Waals surface area (Å²) in [7, 11) is 0. The van der Waals surface area contributed by atoms with Crippen molar-refractivity contribution in [3.05, 3.63) is 64.7 Å². The SMILES string of the molecule is Cc1ccc([C@H]2CCCN2C(=O)c2ccc(N3CCOC3=O)cc2)cc1C. The van der Waals surface area contributed by atoms with E-state index >= 15 is 0 Å². The number of cyclic esters (lactones) is 1. The van der Waals surface area contributed by atoms with E-state index in [1.165, 1.54) is 16.7 Å². The number of amides is 2. The van der Waals surface area contributed by atoms with E-state index in [0.29, 0.717) is 18.7 Å². The Labute approximate surface area is 159 Å². The van der Waals surface area contributed by atoms with Gasteiger partial charge in [-0.1, -0.05) is 18.2 Å². The summed E-state index contributed by atoms with van der Waals surface area (Å²) >= 11 is 0. The lowest BCUT2D eigenvalue weighted by atomic mass is 9.99. The lowest BCUT2D eigenvalue weighted by Crippen LogP contribution is -2.30. The fourth-order valence-electron chi connectivity index (χ4n) is 3.91. The van der Waals surface area contributed by atoms with E-state index in [9.17, 15) is 9.59 Å². The lowest BCUT2D eigenvalue weighted by Gasteiger charge is -2.26. The minimum atomic E-state index is -0.330. The Morgan fingerprint density at radius 2 is 1.81 bits per heavy atom. The number of hydrogen-bond acceptors (Lipinski definition) is 3. The zero-order valence-electron chi connectivity index (χ0n) is 15.8. The first kappa shape index (κ1) is 17.6. The fraction of sp³-hybridized carbons (Fsp3) is 0.364. The van der Waals surface area contributed by atoms with Crippen LogP contribution < -0.4 is 4.90 Å². The van der Waals surface area contributed by atoms with Crippen LogP contribution in [0.2, 0.25) is 0 Å². The monoisotopic (exact) mass is 364 g/mol. The van der Waals surface area contributed by atoms with Crippen molar-refractivity contribution in [1.82, 2.24) is 4.90 Å². The topological polar surface area (TPSA) is 49.9 Å². The largest absolute Gasteiger partial charge is 0.447 e. The van der Waals surface area contributed by atoms with E-state index in [-0.39, 0.29) is 18.0 Å². The minimum Gasteiger partial charge on any atom is -0.447 e. The molecule has 0 radical (unpaired) electrons. The van der Waals surface area contributed by atoms with Gasteiger partial charge in [0, 0.05) is 17.8 Å². The number of benzene rings is 2. The normalized spacial score (nSPS) is 19.5. The first-order valence-corrected chi connectivity index (χ1v) is 9.47. The molecule has 0 bridgehead atoms. The standard InChI is InChI=1S/C22H24N2O3/c1-15-5-6-18(14-16(15)2)20-4-3-11-24(20)21(25)17-7-9-19(10-8-17)23-12-13-27-22(23)26/h5-10,14,20H,3-4,11-13H2,1-2H3/t20-/m1/s1. The third-order valence-corrected chi connectivity index (χ3v) is 5.62. The molecule has 2 amide bonds. The molecule has 4 rings (SSSR count). The van der Waals surface area contributed by atoms with Crippen LogP contribution in [0.3, 0.4) is 0 Å². The summed E-state index contributed by atoms with van der Waals surface area (Å²) in [6.07, 6.45) is 1.68. The maximum Gasteiger partial charge on any atom is 0.414 e. The quantitative estimate of drug-likeness (QED) is 0.819. The van der Waals surface area contributed by atoms with Crippen molar-refractivity contribution in [2.45, 2.75) is 32.7 Å². The van der Waals surface area contributed by atoms with Gasteiger partial charge in [-0.25, -0.2) is 4.79 Å². The fourth-order valence-corrected chi connectivity index (χ4v) is 3.91. The Balaban J connectivity index is 1.54. The first-order valence-electron chi connectivity index (χ1n) is 9.47. The number of hydrogen-bond donors (Lipinski definition) is 0. The van der Waals surface area contributed by atoms with Gasteiger partial charge in [-0.05, 0) is 67.6 Å². The molecule has 5 nitrogen and oxygen atoms in total. The first-order chi connectivity index (χ1) is 13.0. The molecule has 0 spiro atoms. The zero-order chi connectivity index (χ0) is 19.0. The molecular weight excluding hydrogens is 340 g/mol. The highest BCUT2D eigenvalue weighted by molar-refractivity contribution is 5.96. The van der Waals surface area contributed by atoms with Crippen LogP contribution in [0.15, 0.2) is 42.5 Å². The highest BCUT2D eigenvalue weighted by Gasteiger charge is 2.31. The number of aryl methyl sites for hydroxylation is 2. The smallest absolute Gasteiger partial charge is 0.414 e. The number of ether oxygens (including phenoxy) is 1. The predicted octanol–water partition coefficient (Wildman–Crippen LogP) is 4.24. The van der Waals surface area contributed by atoms with Gasteiger partial charge in [-0.2, -0.15) is 0 Å². The van der Waals surface area contributed by atoms with E-state index in [4.69, 9.17) is 4.74 Å². The molecular formula is C22H24N2O3. The summed E-state index contributed by atoms with van der Waals surface area (Å²) in [5, 5.41) is 0. The van der Waals surface area contributed by atoms with Gasteiger partial charge in [0.2, 0.25) is 0 Å². The summed E-state index contributed by atoms with van der Waals surface area (Å²) in [4.78, 5) is 28.3. The van der Waals surface area contributed by atoms with E-state index < -0.39 is 0 Å². The molecule has 2 aromatic rings. The van der Waals surface area contributed by atoms with E-state index in [2.05, 4.69) is 32.0 Å². The van der Waals surface area contributed by atoms with Crippen LogP contribution in [-0.4, -0.2) is 36.6 Å². The molecule has 5 heteroatoms. The predicted molar refractivity (Wildman–Crippen MR) is 104 cm³/mol. The number of carbonyl (C=O) groups excluding carboxylic acids is 2. The number of anilines is 1. The van der Waals surface area contributed by atoms with E-state index in [1.807, 2.05) is 17.0 Å². The molecule has 0 aliphatic carbocycles. The average Bonchev–Trinajstić information content (AvgIpc) is 3.33. The molecule has 2 heterocycles. The van der Waals surface area contributed by atoms with E-state index in [1.54, 1.807) is 17.0 Å². The molecule has 0 aromatic heterocycles. The van der Waals surface area contributed by atoms with E-state index in [0.717, 1.165) is 25.1 Å². The summed E-state index contributed by atoms with van der Waals surface area (Å²) in [5.74, 6) is 0.0475. The lowest BCUT2D eigenvalue weighted by molar-refractivity contribution is 0.0735. The van der Waals surface area contributed by atoms with Crippen LogP contribution in [-0.2, 0) is 4.74 Å². The number of likely N-dealkylation sites (tertiary alicyclic amines) is 1. The van der Waals surface area contributed by atoms with Gasteiger partial charge in [0.15, 0.2) is 0 Å². The molecule has 1 atom stereocenters. The van der Waals surface area contributed by atoms with Crippen molar-refractivity contribution < 1.29 is 14.3 Å². The molecule has 0 unspecified atom stereocenters. The third-order valence-electron chi connectivity index (χ3n) is 5.62. The molecule has 0 N–H and O–H groups in total. The molecule has 27 heavy (non-hydrogen) atoms. The molecule has 2 aliphatic rings. The molecule has 2 fully saturated rings. The van der Waals surface area contributed by atoms with Crippen LogP contribution in [0.5, 0.6) is 0 Å². The van der Waals surface area contributed by atoms with Gasteiger partial charge >= 0.3 is 6.09 Å². The Hall–Kier alpha value is -2.82. The number of carbonyl (C=O) groups is 2. The zero-order valence-corrected chi connectivity index (χ0v) is 15.8. The van der Waals surface area contributed by atoms with Crippen molar-refractivity contribution in [1.29, 1.82) is 0 Å². The van der Waals surface area contributed by atoms with Crippen molar-refractivity contribution in [2.24, 2.45) is 0 Å². The maximum absolute atomic E-state index is 13.1. The van der Waals surface area contributed by atoms with Gasteiger partial charge in [0.25, 0.3) is 5.91 Å².